The maximum atomic E-state index is 10.5. The molecule has 37 heavy (non-hydrogen) atoms. The predicted molar refractivity (Wildman–Crippen MR) is 152 cm³/mol. The van der Waals surface area contributed by atoms with Gasteiger partial charge in [-0.1, -0.05) is 37.6 Å². The minimum absolute atomic E-state index is 0.336. The number of hydrogen-bond donors (Lipinski definition) is 2. The van der Waals surface area contributed by atoms with Gasteiger partial charge in [-0.05, 0) is 64.1 Å². The number of anilines is 1. The molecule has 1 aliphatic heterocycles. The highest BCUT2D eigenvalue weighted by Gasteiger charge is 2.31. The Hall–Kier alpha value is -2.48. The molecule has 0 radical (unpaired) electrons. The number of aliphatic hydroxyl groups is 1. The Morgan fingerprint density at radius 3 is 2.49 bits per heavy atom. The lowest BCUT2D eigenvalue weighted by atomic mass is 9.83. The first-order chi connectivity index (χ1) is 17.8. The molecule has 2 aromatic heterocycles. The lowest BCUT2D eigenvalue weighted by Gasteiger charge is -2.34. The third-order valence-corrected chi connectivity index (χ3v) is 8.36. The van der Waals surface area contributed by atoms with Crippen LogP contribution in [0.4, 0.5) is 5.95 Å². The zero-order chi connectivity index (χ0) is 26.0. The van der Waals surface area contributed by atoms with Crippen LogP contribution < -0.4 is 5.32 Å². The maximum Gasteiger partial charge on any atom is 0.224 e. The Balaban J connectivity index is 1.43. The van der Waals surface area contributed by atoms with Gasteiger partial charge in [-0.2, -0.15) is 4.98 Å². The van der Waals surface area contributed by atoms with Crippen LogP contribution in [0.25, 0.3) is 22.2 Å². The Kier molecular flexibility index (Phi) is 7.84. The lowest BCUT2D eigenvalue weighted by Crippen LogP contribution is -2.43. The summed E-state index contributed by atoms with van der Waals surface area (Å²) in [4.78, 5) is 14.7. The van der Waals surface area contributed by atoms with Gasteiger partial charge in [0.05, 0.1) is 5.60 Å². The molecule has 3 aromatic rings. The normalized spacial score (nSPS) is 24.4. The molecule has 0 spiro atoms. The average Bonchev–Trinajstić information content (AvgIpc) is 3.25. The first-order valence-electron chi connectivity index (χ1n) is 14.2. The van der Waals surface area contributed by atoms with Crippen LogP contribution in [0, 0.1) is 0 Å². The zero-order valence-corrected chi connectivity index (χ0v) is 23.1. The molecule has 1 atom stereocenters. The van der Waals surface area contributed by atoms with E-state index in [1.807, 2.05) is 13.1 Å². The van der Waals surface area contributed by atoms with E-state index in [2.05, 4.69) is 71.0 Å². The van der Waals surface area contributed by atoms with E-state index in [-0.39, 0.29) is 0 Å². The van der Waals surface area contributed by atoms with E-state index in [0.29, 0.717) is 18.0 Å². The van der Waals surface area contributed by atoms with Crippen molar-refractivity contribution in [1.82, 2.24) is 24.3 Å². The molecule has 3 heterocycles. The summed E-state index contributed by atoms with van der Waals surface area (Å²) in [6, 6.07) is 9.74. The summed E-state index contributed by atoms with van der Waals surface area (Å²) < 4.78 is 2.36. The summed E-state index contributed by atoms with van der Waals surface area (Å²) in [5.41, 5.74) is 4.19. The summed E-state index contributed by atoms with van der Waals surface area (Å²) in [7, 11) is 2.20. The molecule has 1 saturated heterocycles. The Labute approximate surface area is 221 Å². The molecule has 2 fully saturated rings. The van der Waals surface area contributed by atoms with Crippen molar-refractivity contribution in [3.63, 3.8) is 0 Å². The molecular weight excluding hydrogens is 460 g/mol. The number of fused-ring (bicyclic) bond motifs is 1. The number of piperazine rings is 1. The SMILES string of the molecule is CCC[C@H](C)Nc1ncc2c(-c3ccc(CN4CCN(C)CC4)cc3)cn(C3CCC(C)(O)CC3)c2n1. The number of aromatic nitrogens is 3. The van der Waals surface area contributed by atoms with Gasteiger partial charge in [0.15, 0.2) is 0 Å². The second kappa shape index (κ2) is 11.1. The molecule has 1 saturated carbocycles. The average molecular weight is 505 g/mol. The highest BCUT2D eigenvalue weighted by Crippen LogP contribution is 2.39. The summed E-state index contributed by atoms with van der Waals surface area (Å²) in [5.74, 6) is 0.699. The van der Waals surface area contributed by atoms with Gasteiger partial charge in [-0.3, -0.25) is 4.90 Å². The van der Waals surface area contributed by atoms with Gasteiger partial charge in [0, 0.05) is 68.2 Å². The summed E-state index contributed by atoms with van der Waals surface area (Å²) in [6.07, 6.45) is 10.0. The molecule has 0 amide bonds. The molecule has 7 heteroatoms. The van der Waals surface area contributed by atoms with Gasteiger partial charge in [-0.15, -0.1) is 0 Å². The monoisotopic (exact) mass is 504 g/mol. The van der Waals surface area contributed by atoms with E-state index in [1.54, 1.807) is 0 Å². The van der Waals surface area contributed by atoms with Crippen molar-refractivity contribution in [3.05, 3.63) is 42.2 Å². The van der Waals surface area contributed by atoms with Gasteiger partial charge in [0.25, 0.3) is 0 Å². The molecule has 200 valence electrons. The molecular formula is C30H44N6O. The number of nitrogens with one attached hydrogen (secondary N) is 1. The Morgan fingerprint density at radius 1 is 1.11 bits per heavy atom. The van der Waals surface area contributed by atoms with Crippen LogP contribution in [0.2, 0.25) is 0 Å². The van der Waals surface area contributed by atoms with Crippen molar-refractivity contribution in [2.45, 2.75) is 83.5 Å². The summed E-state index contributed by atoms with van der Waals surface area (Å²) in [5, 5.41) is 15.1. The predicted octanol–water partition coefficient (Wildman–Crippen LogP) is 5.31. The number of hydrogen-bond acceptors (Lipinski definition) is 6. The number of nitrogens with zero attached hydrogens (tertiary/aromatic N) is 5. The topological polar surface area (TPSA) is 69.5 Å². The largest absolute Gasteiger partial charge is 0.390 e. The van der Waals surface area contributed by atoms with Crippen molar-refractivity contribution in [2.75, 3.05) is 38.5 Å². The quantitative estimate of drug-likeness (QED) is 0.433. The highest BCUT2D eigenvalue weighted by atomic mass is 16.3. The fraction of sp³-hybridized carbons (Fsp3) is 0.600. The number of rotatable bonds is 8. The number of benzene rings is 1. The van der Waals surface area contributed by atoms with Gasteiger partial charge in [-0.25, -0.2) is 4.98 Å². The van der Waals surface area contributed by atoms with Crippen molar-refractivity contribution < 1.29 is 5.11 Å². The van der Waals surface area contributed by atoms with Crippen LogP contribution in [0.5, 0.6) is 0 Å². The van der Waals surface area contributed by atoms with Crippen LogP contribution in [-0.4, -0.2) is 74.3 Å². The number of likely N-dealkylation sites (N-methyl/N-ethyl adjacent to an activating group) is 1. The van der Waals surface area contributed by atoms with Crippen molar-refractivity contribution in [1.29, 1.82) is 0 Å². The Morgan fingerprint density at radius 2 is 1.81 bits per heavy atom. The van der Waals surface area contributed by atoms with Gasteiger partial charge < -0.3 is 19.9 Å². The minimum Gasteiger partial charge on any atom is -0.390 e. The van der Waals surface area contributed by atoms with E-state index in [1.165, 1.54) is 16.7 Å². The van der Waals surface area contributed by atoms with Crippen molar-refractivity contribution in [3.8, 4) is 11.1 Å². The molecule has 7 nitrogen and oxygen atoms in total. The molecule has 2 N–H and O–H groups in total. The smallest absolute Gasteiger partial charge is 0.224 e. The third-order valence-electron chi connectivity index (χ3n) is 8.36. The second-order valence-corrected chi connectivity index (χ2v) is 11.7. The first kappa shape index (κ1) is 26.1. The molecule has 0 unspecified atom stereocenters. The van der Waals surface area contributed by atoms with Crippen LogP contribution in [0.3, 0.4) is 0 Å². The minimum atomic E-state index is -0.556. The van der Waals surface area contributed by atoms with Crippen molar-refractivity contribution >= 4 is 17.0 Å². The summed E-state index contributed by atoms with van der Waals surface area (Å²) in [6.45, 7) is 11.9. The van der Waals surface area contributed by atoms with Gasteiger partial charge in [0.2, 0.25) is 5.95 Å². The fourth-order valence-corrected chi connectivity index (χ4v) is 5.89. The van der Waals surface area contributed by atoms with Crippen LogP contribution in [-0.2, 0) is 6.54 Å². The molecule has 1 aromatic carbocycles. The molecule has 1 aliphatic carbocycles. The highest BCUT2D eigenvalue weighted by molar-refractivity contribution is 5.94. The zero-order valence-electron chi connectivity index (χ0n) is 23.1. The Bertz CT molecular complexity index is 1170. The van der Waals surface area contributed by atoms with E-state index < -0.39 is 5.60 Å². The first-order valence-corrected chi connectivity index (χ1v) is 14.2. The van der Waals surface area contributed by atoms with Crippen molar-refractivity contribution in [2.24, 2.45) is 0 Å². The summed E-state index contributed by atoms with van der Waals surface area (Å²) >= 11 is 0. The van der Waals surface area contributed by atoms with Gasteiger partial charge in [0.1, 0.15) is 5.65 Å². The van der Waals surface area contributed by atoms with Crippen LogP contribution >= 0.6 is 0 Å². The maximum absolute atomic E-state index is 10.5. The molecule has 2 aliphatic rings. The lowest BCUT2D eigenvalue weighted by molar-refractivity contribution is 0.0104. The second-order valence-electron chi connectivity index (χ2n) is 11.7. The van der Waals surface area contributed by atoms with Crippen LogP contribution in [0.15, 0.2) is 36.7 Å². The molecule has 5 rings (SSSR count). The van der Waals surface area contributed by atoms with Crippen LogP contribution in [0.1, 0.15) is 70.9 Å². The van der Waals surface area contributed by atoms with E-state index >= 15 is 0 Å². The van der Waals surface area contributed by atoms with E-state index in [4.69, 9.17) is 9.97 Å². The third kappa shape index (κ3) is 6.16. The molecule has 0 bridgehead atoms. The van der Waals surface area contributed by atoms with E-state index in [9.17, 15) is 5.11 Å². The standard InChI is InChI=1S/C30H44N6O/c1-5-6-22(2)32-29-31-19-26-27(21-36(28(26)33-29)25-11-13-30(3,37)14-12-25)24-9-7-23(8-10-24)20-35-17-15-34(4)16-18-35/h7-10,19,21-22,25,37H,5-6,11-18,20H2,1-4H3,(H,31,32,33)/t22-,25?,30?/m0/s1. The van der Waals surface area contributed by atoms with E-state index in [0.717, 1.165) is 82.3 Å². The fourth-order valence-electron chi connectivity index (χ4n) is 5.89. The van der Waals surface area contributed by atoms with Gasteiger partial charge >= 0.3 is 0 Å².